The Balaban J connectivity index is 2.14. The summed E-state index contributed by atoms with van der Waals surface area (Å²) in [6, 6.07) is 16.0. The number of aryl methyl sites for hydroxylation is 1. The molecule has 0 saturated carbocycles. The van der Waals surface area contributed by atoms with E-state index in [0.717, 1.165) is 17.0 Å². The first kappa shape index (κ1) is 16.0. The summed E-state index contributed by atoms with van der Waals surface area (Å²) in [6.07, 6.45) is 0.784. The standard InChI is InChI=1S/C18H22ClNO/c1-3-17(20)18(16-7-5-4-6-13(16)2)21-12-14-8-10-15(19)11-9-14/h4-11,17-18H,3,12,20H2,1-2H3. The van der Waals surface area contributed by atoms with E-state index in [1.807, 2.05) is 36.4 Å². The number of halogens is 1. The number of ether oxygens (including phenoxy) is 1. The van der Waals surface area contributed by atoms with Crippen molar-refractivity contribution in [3.63, 3.8) is 0 Å². The molecule has 0 fully saturated rings. The Kier molecular flexibility index (Phi) is 5.80. The lowest BCUT2D eigenvalue weighted by Crippen LogP contribution is -2.30. The lowest BCUT2D eigenvalue weighted by molar-refractivity contribution is 0.0209. The lowest BCUT2D eigenvalue weighted by Gasteiger charge is -2.25. The van der Waals surface area contributed by atoms with Gasteiger partial charge in [-0.05, 0) is 42.2 Å². The minimum absolute atomic E-state index is 0.0154. The maximum absolute atomic E-state index is 6.26. The zero-order valence-corrected chi connectivity index (χ0v) is 13.3. The molecular formula is C18H22ClNO. The van der Waals surface area contributed by atoms with E-state index < -0.39 is 0 Å². The topological polar surface area (TPSA) is 35.2 Å². The molecule has 112 valence electrons. The Hall–Kier alpha value is -1.35. The van der Waals surface area contributed by atoms with E-state index in [9.17, 15) is 0 Å². The van der Waals surface area contributed by atoms with Crippen molar-refractivity contribution in [1.82, 2.24) is 0 Å². The molecule has 0 radical (unpaired) electrons. The third-order valence-electron chi connectivity index (χ3n) is 3.70. The molecule has 0 saturated heterocycles. The van der Waals surface area contributed by atoms with Gasteiger partial charge in [-0.3, -0.25) is 0 Å². The monoisotopic (exact) mass is 303 g/mol. The first-order valence-corrected chi connectivity index (χ1v) is 7.66. The van der Waals surface area contributed by atoms with Crippen LogP contribution in [0.5, 0.6) is 0 Å². The van der Waals surface area contributed by atoms with Crippen molar-refractivity contribution in [3.05, 3.63) is 70.2 Å². The van der Waals surface area contributed by atoms with Crippen molar-refractivity contribution in [2.45, 2.75) is 39.0 Å². The predicted molar refractivity (Wildman–Crippen MR) is 88.4 cm³/mol. The summed E-state index contributed by atoms with van der Waals surface area (Å²) in [7, 11) is 0. The first-order valence-electron chi connectivity index (χ1n) is 7.29. The third-order valence-corrected chi connectivity index (χ3v) is 3.95. The van der Waals surface area contributed by atoms with Crippen molar-refractivity contribution >= 4 is 11.6 Å². The molecule has 0 bridgehead atoms. The highest BCUT2D eigenvalue weighted by molar-refractivity contribution is 6.30. The average Bonchev–Trinajstić information content (AvgIpc) is 2.50. The van der Waals surface area contributed by atoms with E-state index in [4.69, 9.17) is 22.1 Å². The highest BCUT2D eigenvalue weighted by Crippen LogP contribution is 2.26. The largest absolute Gasteiger partial charge is 0.367 e. The van der Waals surface area contributed by atoms with Crippen LogP contribution in [-0.2, 0) is 11.3 Å². The summed E-state index contributed by atoms with van der Waals surface area (Å²) in [5.41, 5.74) is 9.74. The van der Waals surface area contributed by atoms with E-state index >= 15 is 0 Å². The van der Waals surface area contributed by atoms with Gasteiger partial charge >= 0.3 is 0 Å². The number of nitrogens with two attached hydrogens (primary N) is 1. The second-order valence-corrected chi connectivity index (χ2v) is 5.72. The molecule has 21 heavy (non-hydrogen) atoms. The number of hydrogen-bond donors (Lipinski definition) is 1. The summed E-state index contributed by atoms with van der Waals surface area (Å²) in [6.45, 7) is 4.71. The van der Waals surface area contributed by atoms with Crippen LogP contribution in [0.25, 0.3) is 0 Å². The summed E-state index contributed by atoms with van der Waals surface area (Å²) >= 11 is 5.90. The fraction of sp³-hybridized carbons (Fsp3) is 0.333. The molecule has 2 aromatic rings. The molecule has 3 heteroatoms. The molecule has 2 unspecified atom stereocenters. The molecule has 0 aliphatic rings. The van der Waals surface area contributed by atoms with Crippen molar-refractivity contribution in [1.29, 1.82) is 0 Å². The van der Waals surface area contributed by atoms with Gasteiger partial charge in [0.1, 0.15) is 0 Å². The van der Waals surface area contributed by atoms with Gasteiger partial charge in [0, 0.05) is 11.1 Å². The zero-order valence-electron chi connectivity index (χ0n) is 12.6. The number of benzene rings is 2. The molecular weight excluding hydrogens is 282 g/mol. The molecule has 0 spiro atoms. The normalized spacial score (nSPS) is 13.9. The fourth-order valence-electron chi connectivity index (χ4n) is 2.33. The molecule has 0 aliphatic carbocycles. The number of rotatable bonds is 6. The molecule has 2 rings (SSSR count). The number of hydrogen-bond acceptors (Lipinski definition) is 2. The second-order valence-electron chi connectivity index (χ2n) is 5.29. The van der Waals surface area contributed by atoms with Crippen LogP contribution in [0, 0.1) is 6.92 Å². The molecule has 2 aromatic carbocycles. The Morgan fingerprint density at radius 3 is 2.38 bits per heavy atom. The zero-order chi connectivity index (χ0) is 15.2. The Bertz CT molecular complexity index is 568. The van der Waals surface area contributed by atoms with Gasteiger partial charge in [-0.2, -0.15) is 0 Å². The summed E-state index contributed by atoms with van der Waals surface area (Å²) in [4.78, 5) is 0. The van der Waals surface area contributed by atoms with Crippen molar-refractivity contribution in [2.24, 2.45) is 5.73 Å². The van der Waals surface area contributed by atoms with Crippen LogP contribution < -0.4 is 5.73 Å². The van der Waals surface area contributed by atoms with Crippen LogP contribution in [0.4, 0.5) is 0 Å². The van der Waals surface area contributed by atoms with E-state index in [2.05, 4.69) is 26.0 Å². The minimum Gasteiger partial charge on any atom is -0.367 e. The Labute approximate surface area is 131 Å². The maximum atomic E-state index is 6.26. The van der Waals surface area contributed by atoms with E-state index in [-0.39, 0.29) is 12.1 Å². The van der Waals surface area contributed by atoms with Gasteiger partial charge in [0.25, 0.3) is 0 Å². The molecule has 2 N–H and O–H groups in total. The molecule has 0 aliphatic heterocycles. The van der Waals surface area contributed by atoms with E-state index in [1.54, 1.807) is 0 Å². The van der Waals surface area contributed by atoms with Crippen LogP contribution in [0.2, 0.25) is 5.02 Å². The van der Waals surface area contributed by atoms with Gasteiger partial charge in [0.2, 0.25) is 0 Å². The van der Waals surface area contributed by atoms with Crippen molar-refractivity contribution in [3.8, 4) is 0 Å². The summed E-state index contributed by atoms with van der Waals surface area (Å²) in [5, 5.41) is 0.736. The first-order chi connectivity index (χ1) is 10.1. The van der Waals surface area contributed by atoms with Crippen LogP contribution in [0.3, 0.4) is 0 Å². The van der Waals surface area contributed by atoms with Crippen molar-refractivity contribution < 1.29 is 4.74 Å². The Morgan fingerprint density at radius 2 is 1.76 bits per heavy atom. The SMILES string of the molecule is CCC(N)C(OCc1ccc(Cl)cc1)c1ccccc1C. The van der Waals surface area contributed by atoms with Gasteiger partial charge < -0.3 is 10.5 Å². The summed E-state index contributed by atoms with van der Waals surface area (Å²) < 4.78 is 6.12. The second kappa shape index (κ2) is 7.60. The molecule has 2 atom stereocenters. The molecule has 2 nitrogen and oxygen atoms in total. The highest BCUT2D eigenvalue weighted by atomic mass is 35.5. The fourth-order valence-corrected chi connectivity index (χ4v) is 2.46. The summed E-state index contributed by atoms with van der Waals surface area (Å²) in [5.74, 6) is 0. The smallest absolute Gasteiger partial charge is 0.0982 e. The van der Waals surface area contributed by atoms with Gasteiger partial charge in [-0.1, -0.05) is 54.9 Å². The van der Waals surface area contributed by atoms with E-state index in [0.29, 0.717) is 6.61 Å². The average molecular weight is 304 g/mol. The Morgan fingerprint density at radius 1 is 1.10 bits per heavy atom. The van der Waals surface area contributed by atoms with Crippen molar-refractivity contribution in [2.75, 3.05) is 0 Å². The van der Waals surface area contributed by atoms with Gasteiger partial charge in [-0.15, -0.1) is 0 Å². The predicted octanol–water partition coefficient (Wildman–Crippen LogP) is 4.64. The van der Waals surface area contributed by atoms with Gasteiger partial charge in [0.05, 0.1) is 12.7 Å². The van der Waals surface area contributed by atoms with Crippen LogP contribution >= 0.6 is 11.6 Å². The van der Waals surface area contributed by atoms with Crippen LogP contribution in [0.15, 0.2) is 48.5 Å². The quantitative estimate of drug-likeness (QED) is 0.843. The van der Waals surface area contributed by atoms with Crippen LogP contribution in [0.1, 0.15) is 36.1 Å². The lowest BCUT2D eigenvalue weighted by atomic mass is 9.97. The van der Waals surface area contributed by atoms with Gasteiger partial charge in [0.15, 0.2) is 0 Å². The highest BCUT2D eigenvalue weighted by Gasteiger charge is 2.20. The molecule has 0 aromatic heterocycles. The van der Waals surface area contributed by atoms with E-state index in [1.165, 1.54) is 11.1 Å². The van der Waals surface area contributed by atoms with Gasteiger partial charge in [-0.25, -0.2) is 0 Å². The molecule has 0 heterocycles. The third kappa shape index (κ3) is 4.31. The molecule has 0 amide bonds. The van der Waals surface area contributed by atoms with Crippen LogP contribution in [-0.4, -0.2) is 6.04 Å². The minimum atomic E-state index is -0.0909. The maximum Gasteiger partial charge on any atom is 0.0982 e.